The number of halogens is 2. The molecule has 1 aromatic heterocycles. The monoisotopic (exact) mass is 415 g/mol. The highest BCUT2D eigenvalue weighted by molar-refractivity contribution is 7.13. The molecule has 26 heavy (non-hydrogen) atoms. The van der Waals surface area contributed by atoms with Crippen molar-refractivity contribution in [3.63, 3.8) is 0 Å². The summed E-state index contributed by atoms with van der Waals surface area (Å²) >= 11 is 1.60. The number of carbonyl (C=O) groups excluding carboxylic acids is 1. The van der Waals surface area contributed by atoms with Crippen LogP contribution in [0.25, 0.3) is 10.6 Å². The third kappa shape index (κ3) is 6.23. The fourth-order valence-electron chi connectivity index (χ4n) is 2.96. The summed E-state index contributed by atoms with van der Waals surface area (Å²) in [4.78, 5) is 16.8. The van der Waals surface area contributed by atoms with E-state index in [1.165, 1.54) is 5.56 Å². The van der Waals surface area contributed by atoms with Gasteiger partial charge in [0.2, 0.25) is 5.91 Å². The molecule has 2 heterocycles. The molecule has 1 amide bonds. The number of hydrogen-bond donors (Lipinski definition) is 2. The van der Waals surface area contributed by atoms with Crippen LogP contribution in [0, 0.1) is 12.3 Å². The molecular weight excluding hydrogens is 389 g/mol. The summed E-state index contributed by atoms with van der Waals surface area (Å²) in [5, 5.41) is 9.43. The molecule has 1 aromatic carbocycles. The Bertz CT molecular complexity index is 697. The number of amides is 1. The molecule has 1 saturated heterocycles. The number of benzene rings is 1. The molecule has 2 N–H and O–H groups in total. The number of aromatic nitrogens is 1. The highest BCUT2D eigenvalue weighted by Gasteiger charge is 2.27. The Morgan fingerprint density at radius 3 is 2.54 bits per heavy atom. The Morgan fingerprint density at radius 1 is 1.23 bits per heavy atom. The maximum absolute atomic E-state index is 12.2. The molecule has 1 aliphatic rings. The van der Waals surface area contributed by atoms with Gasteiger partial charge in [-0.25, -0.2) is 4.98 Å². The predicted octanol–water partition coefficient (Wildman–Crippen LogP) is 4.01. The number of rotatable bonds is 5. The lowest BCUT2D eigenvalue weighted by atomic mass is 9.81. The summed E-state index contributed by atoms with van der Waals surface area (Å²) in [6.07, 6.45) is 2.58. The lowest BCUT2D eigenvalue weighted by molar-refractivity contribution is -0.121. The topological polar surface area (TPSA) is 54.0 Å². The van der Waals surface area contributed by atoms with Crippen LogP contribution in [0.4, 0.5) is 0 Å². The predicted molar refractivity (Wildman–Crippen MR) is 114 cm³/mol. The largest absolute Gasteiger partial charge is 0.355 e. The van der Waals surface area contributed by atoms with Crippen molar-refractivity contribution in [2.45, 2.75) is 33.1 Å². The average molecular weight is 416 g/mol. The second kappa shape index (κ2) is 10.3. The zero-order valence-corrected chi connectivity index (χ0v) is 17.7. The molecule has 0 bridgehead atoms. The highest BCUT2D eigenvalue weighted by Crippen LogP contribution is 2.27. The van der Waals surface area contributed by atoms with Gasteiger partial charge in [0.1, 0.15) is 5.01 Å². The van der Waals surface area contributed by atoms with Crippen LogP contribution in [-0.2, 0) is 11.2 Å². The van der Waals surface area contributed by atoms with Gasteiger partial charge in [0.25, 0.3) is 0 Å². The van der Waals surface area contributed by atoms with E-state index in [0.29, 0.717) is 6.42 Å². The van der Waals surface area contributed by atoms with E-state index in [9.17, 15) is 4.79 Å². The number of nitrogens with one attached hydrogen (secondary N) is 2. The van der Waals surface area contributed by atoms with Gasteiger partial charge in [-0.2, -0.15) is 0 Å². The lowest BCUT2D eigenvalue weighted by Gasteiger charge is -2.34. The lowest BCUT2D eigenvalue weighted by Crippen LogP contribution is -2.43. The molecule has 0 aliphatic carbocycles. The normalized spacial score (nSPS) is 15.5. The molecule has 144 valence electrons. The van der Waals surface area contributed by atoms with Gasteiger partial charge in [-0.15, -0.1) is 36.2 Å². The van der Waals surface area contributed by atoms with E-state index >= 15 is 0 Å². The molecule has 1 fully saturated rings. The van der Waals surface area contributed by atoms with Crippen molar-refractivity contribution in [1.29, 1.82) is 0 Å². The molecule has 0 atom stereocenters. The van der Waals surface area contributed by atoms with Gasteiger partial charge in [0.05, 0.1) is 12.1 Å². The minimum absolute atomic E-state index is 0. The second-order valence-corrected chi connectivity index (χ2v) is 7.88. The molecule has 3 rings (SSSR count). The smallest absolute Gasteiger partial charge is 0.226 e. The summed E-state index contributed by atoms with van der Waals surface area (Å²) in [5.41, 5.74) is 3.42. The first-order valence-corrected chi connectivity index (χ1v) is 9.41. The van der Waals surface area contributed by atoms with Gasteiger partial charge in [-0.1, -0.05) is 36.8 Å². The van der Waals surface area contributed by atoms with Crippen molar-refractivity contribution in [1.82, 2.24) is 15.6 Å². The van der Waals surface area contributed by atoms with Crippen molar-refractivity contribution in [3.05, 3.63) is 40.9 Å². The summed E-state index contributed by atoms with van der Waals surface area (Å²) in [6, 6.07) is 8.33. The summed E-state index contributed by atoms with van der Waals surface area (Å²) in [6.45, 7) is 7.16. The van der Waals surface area contributed by atoms with E-state index in [0.717, 1.165) is 48.7 Å². The zero-order valence-electron chi connectivity index (χ0n) is 15.2. The fourth-order valence-corrected chi connectivity index (χ4v) is 3.79. The minimum Gasteiger partial charge on any atom is -0.355 e. The number of piperidine rings is 1. The Labute approximate surface area is 172 Å². The SMILES string of the molecule is Cc1ccc(-c2nc(CC(=O)NCC3(C)CCNCC3)cs2)cc1.Cl.Cl. The molecule has 0 spiro atoms. The quantitative estimate of drug-likeness (QED) is 0.775. The second-order valence-electron chi connectivity index (χ2n) is 7.02. The molecule has 1 aliphatic heterocycles. The van der Waals surface area contributed by atoms with Crippen molar-refractivity contribution >= 4 is 42.1 Å². The molecule has 0 unspecified atom stereocenters. The van der Waals surface area contributed by atoms with Crippen LogP contribution < -0.4 is 10.6 Å². The molecule has 4 nitrogen and oxygen atoms in total. The number of hydrogen-bond acceptors (Lipinski definition) is 4. The highest BCUT2D eigenvalue weighted by atomic mass is 35.5. The van der Waals surface area contributed by atoms with Crippen LogP contribution in [-0.4, -0.2) is 30.5 Å². The van der Waals surface area contributed by atoms with Gasteiger partial charge in [-0.05, 0) is 38.3 Å². The summed E-state index contributed by atoms with van der Waals surface area (Å²) in [5.74, 6) is 0.0653. The van der Waals surface area contributed by atoms with Gasteiger partial charge in [0, 0.05) is 17.5 Å². The van der Waals surface area contributed by atoms with E-state index in [2.05, 4.69) is 53.7 Å². The van der Waals surface area contributed by atoms with Gasteiger partial charge < -0.3 is 10.6 Å². The van der Waals surface area contributed by atoms with Crippen molar-refractivity contribution in [3.8, 4) is 10.6 Å². The van der Waals surface area contributed by atoms with Crippen LogP contribution >= 0.6 is 36.2 Å². The van der Waals surface area contributed by atoms with Crippen LogP contribution in [0.15, 0.2) is 29.6 Å². The van der Waals surface area contributed by atoms with E-state index in [4.69, 9.17) is 0 Å². The Kier molecular flexibility index (Phi) is 9.04. The fraction of sp³-hybridized carbons (Fsp3) is 0.474. The van der Waals surface area contributed by atoms with E-state index in [1.807, 2.05) is 5.38 Å². The standard InChI is InChI=1S/C19H25N3OS.2ClH/c1-14-3-5-15(6-4-14)18-22-16(12-24-18)11-17(23)21-13-19(2)7-9-20-10-8-19;;/h3-6,12,20H,7-11,13H2,1-2H3,(H,21,23);2*1H. The number of nitrogens with zero attached hydrogens (tertiary/aromatic N) is 1. The van der Waals surface area contributed by atoms with Gasteiger partial charge in [-0.3, -0.25) is 4.79 Å². The van der Waals surface area contributed by atoms with Gasteiger partial charge >= 0.3 is 0 Å². The van der Waals surface area contributed by atoms with Crippen molar-refractivity contribution in [2.24, 2.45) is 5.41 Å². The molecule has 0 saturated carbocycles. The molecular formula is C19H27Cl2N3OS. The van der Waals surface area contributed by atoms with Gasteiger partial charge in [0.15, 0.2) is 0 Å². The molecule has 7 heteroatoms. The Balaban J connectivity index is 0.00000169. The minimum atomic E-state index is 0. The van der Waals surface area contributed by atoms with Crippen molar-refractivity contribution in [2.75, 3.05) is 19.6 Å². The van der Waals surface area contributed by atoms with Crippen LogP contribution in [0.1, 0.15) is 31.0 Å². The number of thiazole rings is 1. The maximum Gasteiger partial charge on any atom is 0.226 e. The first-order valence-electron chi connectivity index (χ1n) is 8.53. The summed E-state index contributed by atoms with van der Waals surface area (Å²) < 4.78 is 0. The number of carbonyl (C=O) groups is 1. The van der Waals surface area contributed by atoms with E-state index in [1.54, 1.807) is 11.3 Å². The van der Waals surface area contributed by atoms with Crippen LogP contribution in [0.2, 0.25) is 0 Å². The number of aryl methyl sites for hydroxylation is 1. The molecule has 0 radical (unpaired) electrons. The Hall–Kier alpha value is -1.14. The first kappa shape index (κ1) is 22.9. The maximum atomic E-state index is 12.2. The van der Waals surface area contributed by atoms with E-state index in [-0.39, 0.29) is 36.1 Å². The van der Waals surface area contributed by atoms with Crippen molar-refractivity contribution < 1.29 is 4.79 Å². The molecule has 2 aromatic rings. The Morgan fingerprint density at radius 2 is 1.88 bits per heavy atom. The van der Waals surface area contributed by atoms with Crippen LogP contribution in [0.5, 0.6) is 0 Å². The third-order valence-electron chi connectivity index (χ3n) is 4.71. The summed E-state index contributed by atoms with van der Waals surface area (Å²) in [7, 11) is 0. The average Bonchev–Trinajstić information content (AvgIpc) is 3.03. The van der Waals surface area contributed by atoms with Crippen LogP contribution in [0.3, 0.4) is 0 Å². The third-order valence-corrected chi connectivity index (χ3v) is 5.66. The van der Waals surface area contributed by atoms with E-state index < -0.39 is 0 Å². The first-order chi connectivity index (χ1) is 11.5. The zero-order chi connectivity index (χ0) is 17.0.